The lowest BCUT2D eigenvalue weighted by Crippen LogP contribution is -2.41. The van der Waals surface area contributed by atoms with Gasteiger partial charge in [0.1, 0.15) is 5.82 Å². The van der Waals surface area contributed by atoms with Crippen LogP contribution in [-0.4, -0.2) is 34.5 Å². The zero-order valence-electron chi connectivity index (χ0n) is 12.6. The van der Waals surface area contributed by atoms with E-state index >= 15 is 0 Å². The van der Waals surface area contributed by atoms with E-state index in [0.29, 0.717) is 17.4 Å². The Morgan fingerprint density at radius 3 is 2.30 bits per heavy atom. The molecule has 110 valence electrons. The Morgan fingerprint density at radius 1 is 1.25 bits per heavy atom. The van der Waals surface area contributed by atoms with E-state index in [1.807, 2.05) is 27.7 Å². The lowest BCUT2D eigenvalue weighted by Gasteiger charge is -2.32. The lowest BCUT2D eigenvalue weighted by atomic mass is 9.75. The van der Waals surface area contributed by atoms with Crippen LogP contribution in [0.25, 0.3) is 0 Å². The zero-order valence-corrected chi connectivity index (χ0v) is 12.6. The Labute approximate surface area is 119 Å². The highest BCUT2D eigenvalue weighted by Crippen LogP contribution is 2.36. The van der Waals surface area contributed by atoms with Crippen molar-refractivity contribution in [2.24, 2.45) is 0 Å². The van der Waals surface area contributed by atoms with Crippen molar-refractivity contribution in [3.8, 4) is 0 Å². The van der Waals surface area contributed by atoms with Crippen molar-refractivity contribution >= 4 is 12.6 Å². The molecule has 6 heteroatoms. The van der Waals surface area contributed by atoms with Gasteiger partial charge in [-0.15, -0.1) is 0 Å². The molecule has 1 unspecified atom stereocenters. The normalized spacial score (nSPS) is 22.1. The highest BCUT2D eigenvalue weighted by molar-refractivity contribution is 6.62. The summed E-state index contributed by atoms with van der Waals surface area (Å²) in [4.78, 5) is 3.84. The molecular formula is C14H21BFNO3. The summed E-state index contributed by atoms with van der Waals surface area (Å²) in [6, 6.07) is 0. The van der Waals surface area contributed by atoms with E-state index in [0.717, 1.165) is 6.20 Å². The van der Waals surface area contributed by atoms with Gasteiger partial charge in [0.15, 0.2) is 0 Å². The predicted molar refractivity (Wildman–Crippen MR) is 75.3 cm³/mol. The molecule has 1 aromatic heterocycles. The fourth-order valence-electron chi connectivity index (χ4n) is 2.19. The van der Waals surface area contributed by atoms with Crippen LogP contribution in [-0.2, 0) is 15.7 Å². The maximum absolute atomic E-state index is 14.2. The van der Waals surface area contributed by atoms with Gasteiger partial charge in [-0.3, -0.25) is 4.98 Å². The number of rotatable bonds is 3. The van der Waals surface area contributed by atoms with E-state index in [2.05, 4.69) is 4.98 Å². The average Bonchev–Trinajstić information content (AvgIpc) is 2.46. The first kappa shape index (κ1) is 15.4. The molecule has 1 aliphatic heterocycles. The maximum Gasteiger partial charge on any atom is 0.498 e. The molecule has 0 amide bonds. The largest absolute Gasteiger partial charge is 0.498 e. The molecule has 20 heavy (non-hydrogen) atoms. The van der Waals surface area contributed by atoms with Crippen molar-refractivity contribution in [2.75, 3.05) is 0 Å². The van der Waals surface area contributed by atoms with E-state index in [9.17, 15) is 9.50 Å². The fraction of sp³-hybridized carbons (Fsp3) is 0.643. The molecule has 0 radical (unpaired) electrons. The van der Waals surface area contributed by atoms with Crippen LogP contribution in [0.15, 0.2) is 12.4 Å². The van der Waals surface area contributed by atoms with Gasteiger partial charge in [0, 0.05) is 11.7 Å². The molecule has 4 nitrogen and oxygen atoms in total. The molecule has 1 N–H and O–H groups in total. The number of nitrogens with zero attached hydrogens (tertiary/aromatic N) is 1. The van der Waals surface area contributed by atoms with E-state index in [4.69, 9.17) is 9.31 Å². The van der Waals surface area contributed by atoms with Gasteiger partial charge < -0.3 is 14.4 Å². The maximum atomic E-state index is 14.2. The number of hydrogen-bond donors (Lipinski definition) is 1. The van der Waals surface area contributed by atoms with E-state index in [1.54, 1.807) is 13.1 Å². The molecule has 2 heterocycles. The van der Waals surface area contributed by atoms with Gasteiger partial charge in [-0.25, -0.2) is 4.39 Å². The van der Waals surface area contributed by atoms with Crippen LogP contribution >= 0.6 is 0 Å². The molecule has 1 atom stereocenters. The first-order chi connectivity index (χ1) is 9.14. The molecule has 1 saturated heterocycles. The minimum absolute atomic E-state index is 0.310. The predicted octanol–water partition coefficient (Wildman–Crippen LogP) is 1.44. The van der Waals surface area contributed by atoms with Crippen molar-refractivity contribution in [3.05, 3.63) is 23.8 Å². The van der Waals surface area contributed by atoms with E-state index < -0.39 is 30.2 Å². The third kappa shape index (κ3) is 2.73. The van der Waals surface area contributed by atoms with E-state index in [-0.39, 0.29) is 0 Å². The summed E-state index contributed by atoms with van der Waals surface area (Å²) in [6.07, 6.45) is 2.42. The number of aliphatic hydroxyl groups is 1. The van der Waals surface area contributed by atoms with Gasteiger partial charge in [-0.05, 0) is 46.6 Å². The topological polar surface area (TPSA) is 51.6 Å². The Bertz CT molecular complexity index is 489. The number of hydrogen-bond acceptors (Lipinski definition) is 4. The van der Waals surface area contributed by atoms with E-state index in [1.165, 1.54) is 0 Å². The molecule has 2 rings (SSSR count). The van der Waals surface area contributed by atoms with Gasteiger partial charge in [0.25, 0.3) is 0 Å². The number of aliphatic hydroxyl groups excluding tert-OH is 1. The van der Waals surface area contributed by atoms with Crippen molar-refractivity contribution in [1.82, 2.24) is 4.98 Å². The molecule has 0 bridgehead atoms. The Kier molecular flexibility index (Phi) is 3.93. The first-order valence-corrected chi connectivity index (χ1v) is 6.80. The minimum atomic E-state index is -0.781. The minimum Gasteiger partial charge on any atom is -0.399 e. The molecule has 0 saturated carbocycles. The summed E-state index contributed by atoms with van der Waals surface area (Å²) in [5.74, 6) is -0.471. The summed E-state index contributed by atoms with van der Waals surface area (Å²) >= 11 is 0. The van der Waals surface area contributed by atoms with Gasteiger partial charge in [0.05, 0.1) is 23.5 Å². The van der Waals surface area contributed by atoms with Gasteiger partial charge in [-0.2, -0.15) is 0 Å². The number of halogens is 1. The fourth-order valence-corrected chi connectivity index (χ4v) is 2.19. The molecule has 1 fully saturated rings. The quantitative estimate of drug-likeness (QED) is 0.852. The van der Waals surface area contributed by atoms with Crippen LogP contribution < -0.4 is 5.46 Å². The Balaban J connectivity index is 2.39. The summed E-state index contributed by atoms with van der Waals surface area (Å²) in [5.41, 5.74) is -0.122. The smallest absolute Gasteiger partial charge is 0.399 e. The third-order valence-electron chi connectivity index (χ3n) is 4.03. The molecule has 1 aromatic rings. The van der Waals surface area contributed by atoms with Crippen LogP contribution in [0, 0.1) is 5.82 Å². The summed E-state index contributed by atoms with van der Waals surface area (Å²) in [5, 5.41) is 9.54. The second-order valence-corrected chi connectivity index (χ2v) is 6.34. The molecule has 0 aromatic carbocycles. The number of aromatic nitrogens is 1. The van der Waals surface area contributed by atoms with Crippen LogP contribution in [0.1, 0.15) is 40.2 Å². The van der Waals surface area contributed by atoms with Crippen molar-refractivity contribution in [2.45, 2.75) is 58.3 Å². The van der Waals surface area contributed by atoms with Crippen LogP contribution in [0.3, 0.4) is 0 Å². The van der Waals surface area contributed by atoms with Crippen LogP contribution in [0.2, 0.25) is 0 Å². The molecular weight excluding hydrogens is 260 g/mol. The van der Waals surface area contributed by atoms with Gasteiger partial charge in [0.2, 0.25) is 0 Å². The van der Waals surface area contributed by atoms with Crippen LogP contribution in [0.4, 0.5) is 4.39 Å². The SMILES string of the molecule is CC(O)Cc1cncc(F)c1B1OC(C)(C)C(C)(C)O1. The average molecular weight is 281 g/mol. The van der Waals surface area contributed by atoms with Crippen molar-refractivity contribution < 1.29 is 18.8 Å². The Hall–Kier alpha value is -0.975. The van der Waals surface area contributed by atoms with Crippen molar-refractivity contribution in [1.29, 1.82) is 0 Å². The van der Waals surface area contributed by atoms with Gasteiger partial charge >= 0.3 is 7.12 Å². The second-order valence-electron chi connectivity index (χ2n) is 6.34. The zero-order chi connectivity index (χ0) is 15.1. The molecule has 0 spiro atoms. The lowest BCUT2D eigenvalue weighted by molar-refractivity contribution is 0.00578. The Morgan fingerprint density at radius 2 is 1.80 bits per heavy atom. The monoisotopic (exact) mass is 281 g/mol. The van der Waals surface area contributed by atoms with Gasteiger partial charge in [-0.1, -0.05) is 0 Å². The third-order valence-corrected chi connectivity index (χ3v) is 4.03. The number of pyridine rings is 1. The standard InChI is InChI=1S/C14H21BFNO3/c1-9(18)6-10-7-17-8-11(16)12(10)15-19-13(2,3)14(4,5)20-15/h7-9,18H,6H2,1-5H3. The second kappa shape index (κ2) is 5.09. The molecule has 1 aliphatic rings. The highest BCUT2D eigenvalue weighted by atomic mass is 19.1. The summed E-state index contributed by atoms with van der Waals surface area (Å²) < 4.78 is 25.9. The highest BCUT2D eigenvalue weighted by Gasteiger charge is 2.53. The summed E-state index contributed by atoms with van der Waals surface area (Å²) in [6.45, 7) is 9.32. The molecule has 0 aliphatic carbocycles. The summed E-state index contributed by atoms with van der Waals surface area (Å²) in [7, 11) is -0.781. The van der Waals surface area contributed by atoms with Crippen LogP contribution in [0.5, 0.6) is 0 Å². The first-order valence-electron chi connectivity index (χ1n) is 6.80. The van der Waals surface area contributed by atoms with Crippen molar-refractivity contribution in [3.63, 3.8) is 0 Å².